The van der Waals surface area contributed by atoms with Gasteiger partial charge in [0.05, 0.1) is 37.5 Å². The third-order valence-corrected chi connectivity index (χ3v) is 6.80. The van der Waals surface area contributed by atoms with Crippen LogP contribution in [0.4, 0.5) is 0 Å². The highest BCUT2D eigenvalue weighted by atomic mass is 32.1. The number of rotatable bonds is 6. The molecule has 1 fully saturated rings. The van der Waals surface area contributed by atoms with Crippen molar-refractivity contribution in [3.8, 4) is 22.2 Å². The highest BCUT2D eigenvalue weighted by Gasteiger charge is 2.32. The molecule has 0 radical (unpaired) electrons. The summed E-state index contributed by atoms with van der Waals surface area (Å²) in [5.41, 5.74) is 3.66. The molecule has 3 aromatic rings. The van der Waals surface area contributed by atoms with Gasteiger partial charge in [-0.2, -0.15) is 0 Å². The van der Waals surface area contributed by atoms with E-state index < -0.39 is 0 Å². The second-order valence-electron chi connectivity index (χ2n) is 8.30. The first-order valence-corrected chi connectivity index (χ1v) is 11.5. The molecule has 0 aliphatic heterocycles. The molecule has 4 rings (SSSR count). The number of nitrogens with zero attached hydrogens (tertiary/aromatic N) is 2. The summed E-state index contributed by atoms with van der Waals surface area (Å²) < 4.78 is 16.9. The fraction of sp³-hybridized carbons (Fsp3) is 0.458. The molecule has 2 aromatic heterocycles. The van der Waals surface area contributed by atoms with E-state index in [-0.39, 0.29) is 18.0 Å². The summed E-state index contributed by atoms with van der Waals surface area (Å²) in [6.45, 7) is 6.27. The van der Waals surface area contributed by atoms with Gasteiger partial charge in [-0.1, -0.05) is 13.8 Å². The lowest BCUT2D eigenvalue weighted by atomic mass is 10.1. The Labute approximate surface area is 186 Å². The van der Waals surface area contributed by atoms with Gasteiger partial charge in [-0.15, -0.1) is 11.3 Å². The Balaban J connectivity index is 1.75. The van der Waals surface area contributed by atoms with Crippen molar-refractivity contribution < 1.29 is 19.0 Å². The fourth-order valence-corrected chi connectivity index (χ4v) is 5.02. The predicted octanol–water partition coefficient (Wildman–Crippen LogP) is 5.52. The normalized spacial score (nSPS) is 18.5. The first-order valence-electron chi connectivity index (χ1n) is 10.6. The predicted molar refractivity (Wildman–Crippen MR) is 122 cm³/mol. The van der Waals surface area contributed by atoms with Crippen LogP contribution in [0.2, 0.25) is 0 Å². The molecule has 7 heteroatoms. The van der Waals surface area contributed by atoms with Crippen LogP contribution in [0.1, 0.15) is 50.3 Å². The van der Waals surface area contributed by atoms with E-state index in [0.717, 1.165) is 57.2 Å². The van der Waals surface area contributed by atoms with Crippen LogP contribution in [0.15, 0.2) is 23.6 Å². The number of esters is 1. The first-order chi connectivity index (χ1) is 14.9. The lowest BCUT2D eigenvalue weighted by Gasteiger charge is -2.18. The van der Waals surface area contributed by atoms with Gasteiger partial charge >= 0.3 is 5.97 Å². The molecule has 0 N–H and O–H groups in total. The molecule has 31 heavy (non-hydrogen) atoms. The number of hydrogen-bond acceptors (Lipinski definition) is 7. The number of carbonyl (C=O) groups excluding carboxylic acids is 1. The van der Waals surface area contributed by atoms with Gasteiger partial charge in [-0.3, -0.25) is 4.79 Å². The molecule has 164 valence electrons. The van der Waals surface area contributed by atoms with E-state index in [1.807, 2.05) is 25.1 Å². The van der Waals surface area contributed by atoms with Crippen LogP contribution < -0.4 is 9.47 Å². The Morgan fingerprint density at radius 2 is 1.97 bits per heavy atom. The number of thiazole rings is 1. The average Bonchev–Trinajstić information content (AvgIpc) is 3.44. The van der Waals surface area contributed by atoms with E-state index in [1.54, 1.807) is 18.4 Å². The SMILES string of the molecule is COC(=O)C1CC[C@@H](Oc2cc(-c3nc(C(C)C)cs3)nc3c(C)c(OC)ccc23)C1. The lowest BCUT2D eigenvalue weighted by molar-refractivity contribution is -0.145. The molecular formula is C24H28N2O4S. The van der Waals surface area contributed by atoms with E-state index >= 15 is 0 Å². The van der Waals surface area contributed by atoms with Crippen molar-refractivity contribution >= 4 is 28.2 Å². The maximum absolute atomic E-state index is 11.9. The number of aromatic nitrogens is 2. The molecule has 1 unspecified atom stereocenters. The summed E-state index contributed by atoms with van der Waals surface area (Å²) in [6, 6.07) is 5.90. The maximum Gasteiger partial charge on any atom is 0.308 e. The standard InChI is InChI=1S/C24H28N2O4S/c1-13(2)19-12-31-23(26-19)18-11-21(30-16-7-6-15(10-16)24(27)29-5)17-8-9-20(28-4)14(3)22(17)25-18/h8-9,11-13,15-16H,6-7,10H2,1-5H3/t15?,16-/m1/s1. The Kier molecular flexibility index (Phi) is 6.14. The topological polar surface area (TPSA) is 70.5 Å². The molecule has 0 saturated heterocycles. The molecule has 6 nitrogen and oxygen atoms in total. The van der Waals surface area contributed by atoms with Crippen molar-refractivity contribution in [2.24, 2.45) is 5.92 Å². The van der Waals surface area contributed by atoms with E-state index in [0.29, 0.717) is 12.3 Å². The highest BCUT2D eigenvalue weighted by molar-refractivity contribution is 7.13. The smallest absolute Gasteiger partial charge is 0.308 e. The van der Waals surface area contributed by atoms with Crippen molar-refractivity contribution in [2.45, 2.75) is 52.1 Å². The van der Waals surface area contributed by atoms with Crippen molar-refractivity contribution in [1.29, 1.82) is 0 Å². The third kappa shape index (κ3) is 4.24. The van der Waals surface area contributed by atoms with Crippen LogP contribution in [-0.2, 0) is 9.53 Å². The molecule has 0 bridgehead atoms. The van der Waals surface area contributed by atoms with Crippen LogP contribution in [0, 0.1) is 12.8 Å². The van der Waals surface area contributed by atoms with E-state index in [4.69, 9.17) is 24.2 Å². The van der Waals surface area contributed by atoms with E-state index in [9.17, 15) is 4.79 Å². The minimum atomic E-state index is -0.157. The van der Waals surface area contributed by atoms with Crippen LogP contribution in [0.25, 0.3) is 21.6 Å². The summed E-state index contributed by atoms with van der Waals surface area (Å²) in [4.78, 5) is 21.6. The van der Waals surface area contributed by atoms with E-state index in [2.05, 4.69) is 19.2 Å². The third-order valence-electron chi connectivity index (χ3n) is 5.91. The molecular weight excluding hydrogens is 412 g/mol. The summed E-state index contributed by atoms with van der Waals surface area (Å²) in [5, 5.41) is 3.89. The molecule has 2 heterocycles. The Hall–Kier alpha value is -2.67. The first kappa shape index (κ1) is 21.6. The molecule has 1 aliphatic carbocycles. The number of hydrogen-bond donors (Lipinski definition) is 0. The highest BCUT2D eigenvalue weighted by Crippen LogP contribution is 2.38. The second kappa shape index (κ2) is 8.83. The zero-order valence-electron chi connectivity index (χ0n) is 18.6. The number of aryl methyl sites for hydroxylation is 1. The van der Waals surface area contributed by atoms with Gasteiger partial charge in [-0.25, -0.2) is 9.97 Å². The average molecular weight is 441 g/mol. The van der Waals surface area contributed by atoms with Gasteiger partial charge in [0.1, 0.15) is 22.2 Å². The number of ether oxygens (including phenoxy) is 3. The summed E-state index contributed by atoms with van der Waals surface area (Å²) in [7, 11) is 3.10. The molecule has 0 spiro atoms. The quantitative estimate of drug-likeness (QED) is 0.470. The van der Waals surface area contributed by atoms with Crippen LogP contribution >= 0.6 is 11.3 Å². The van der Waals surface area contributed by atoms with Crippen LogP contribution in [0.5, 0.6) is 11.5 Å². The van der Waals surface area contributed by atoms with Gasteiger partial charge in [-0.05, 0) is 44.2 Å². The number of fused-ring (bicyclic) bond motifs is 1. The minimum absolute atomic E-state index is 0.0347. The molecule has 0 amide bonds. The van der Waals surface area contributed by atoms with Gasteiger partial charge in [0.25, 0.3) is 0 Å². The van der Waals surface area contributed by atoms with Crippen LogP contribution in [-0.4, -0.2) is 36.3 Å². The van der Waals surface area contributed by atoms with Crippen molar-refractivity contribution in [3.63, 3.8) is 0 Å². The summed E-state index contributed by atoms with van der Waals surface area (Å²) in [5.74, 6) is 1.66. The molecule has 1 aliphatic rings. The molecule has 2 atom stereocenters. The minimum Gasteiger partial charge on any atom is -0.496 e. The largest absolute Gasteiger partial charge is 0.496 e. The number of pyridine rings is 1. The molecule has 1 aromatic carbocycles. The van der Waals surface area contributed by atoms with Crippen molar-refractivity contribution in [2.75, 3.05) is 14.2 Å². The number of carbonyl (C=O) groups is 1. The zero-order valence-corrected chi connectivity index (χ0v) is 19.4. The Bertz CT molecular complexity index is 1110. The summed E-state index contributed by atoms with van der Waals surface area (Å²) in [6.07, 6.45) is 2.23. The lowest BCUT2D eigenvalue weighted by Crippen LogP contribution is -2.17. The van der Waals surface area contributed by atoms with Gasteiger partial charge in [0.2, 0.25) is 0 Å². The summed E-state index contributed by atoms with van der Waals surface area (Å²) >= 11 is 1.59. The zero-order chi connectivity index (χ0) is 22.1. The van der Waals surface area contributed by atoms with Gasteiger partial charge in [0.15, 0.2) is 0 Å². The van der Waals surface area contributed by atoms with E-state index in [1.165, 1.54) is 7.11 Å². The Morgan fingerprint density at radius 1 is 1.16 bits per heavy atom. The second-order valence-corrected chi connectivity index (χ2v) is 9.16. The monoisotopic (exact) mass is 440 g/mol. The van der Waals surface area contributed by atoms with Gasteiger partial charge < -0.3 is 14.2 Å². The van der Waals surface area contributed by atoms with Gasteiger partial charge in [0, 0.05) is 22.4 Å². The maximum atomic E-state index is 11.9. The van der Waals surface area contributed by atoms with Crippen molar-refractivity contribution in [1.82, 2.24) is 9.97 Å². The molecule has 1 saturated carbocycles. The number of methoxy groups -OCH3 is 2. The van der Waals surface area contributed by atoms with Crippen LogP contribution in [0.3, 0.4) is 0 Å². The number of benzene rings is 1. The fourth-order valence-electron chi connectivity index (χ4n) is 4.08. The van der Waals surface area contributed by atoms with Crippen molar-refractivity contribution in [3.05, 3.63) is 34.8 Å². The Morgan fingerprint density at radius 3 is 2.65 bits per heavy atom.